The van der Waals surface area contributed by atoms with Crippen LogP contribution in [0.2, 0.25) is 0 Å². The van der Waals surface area contributed by atoms with Gasteiger partial charge in [0, 0.05) is 13.2 Å². The Morgan fingerprint density at radius 3 is 2.67 bits per heavy atom. The first-order chi connectivity index (χ1) is 8.79. The summed E-state index contributed by atoms with van der Waals surface area (Å²) < 4.78 is 18.9. The highest BCUT2D eigenvalue weighted by atomic mass is 19.1. The molecule has 2 N–H and O–H groups in total. The topological polar surface area (TPSA) is 35.2 Å². The van der Waals surface area contributed by atoms with Crippen LogP contribution in [0.15, 0.2) is 18.2 Å². The molecule has 3 heteroatoms. The molecule has 0 radical (unpaired) electrons. The molecule has 100 valence electrons. The minimum Gasteiger partial charge on any atom is -0.376 e. The van der Waals surface area contributed by atoms with E-state index in [4.69, 9.17) is 10.5 Å². The third kappa shape index (κ3) is 3.79. The van der Waals surface area contributed by atoms with Crippen LogP contribution in [-0.2, 0) is 17.9 Å². The minimum absolute atomic E-state index is 0.219. The van der Waals surface area contributed by atoms with E-state index in [1.54, 1.807) is 6.07 Å². The molecule has 0 unspecified atom stereocenters. The van der Waals surface area contributed by atoms with Crippen LogP contribution >= 0.6 is 0 Å². The maximum absolute atomic E-state index is 13.2. The SMILES string of the molecule is NCc1ccc(F)cc1COCC1CCCCC1. The van der Waals surface area contributed by atoms with Crippen LogP contribution in [0.1, 0.15) is 43.2 Å². The van der Waals surface area contributed by atoms with Crippen molar-refractivity contribution < 1.29 is 9.13 Å². The molecule has 0 atom stereocenters. The van der Waals surface area contributed by atoms with E-state index in [-0.39, 0.29) is 5.82 Å². The fraction of sp³-hybridized carbons (Fsp3) is 0.600. The quantitative estimate of drug-likeness (QED) is 0.870. The Kier molecular flexibility index (Phi) is 5.14. The van der Waals surface area contributed by atoms with E-state index in [1.165, 1.54) is 44.2 Å². The average molecular weight is 251 g/mol. The van der Waals surface area contributed by atoms with Crippen LogP contribution in [-0.4, -0.2) is 6.61 Å². The maximum atomic E-state index is 13.2. The summed E-state index contributed by atoms with van der Waals surface area (Å²) in [5, 5.41) is 0. The van der Waals surface area contributed by atoms with Gasteiger partial charge in [0.2, 0.25) is 0 Å². The van der Waals surface area contributed by atoms with Crippen molar-refractivity contribution in [3.63, 3.8) is 0 Å². The summed E-state index contributed by atoms with van der Waals surface area (Å²) in [5.41, 5.74) is 7.49. The molecule has 0 bridgehead atoms. The molecular formula is C15H22FNO. The highest BCUT2D eigenvalue weighted by Crippen LogP contribution is 2.24. The van der Waals surface area contributed by atoms with Gasteiger partial charge in [-0.25, -0.2) is 4.39 Å². The highest BCUT2D eigenvalue weighted by molar-refractivity contribution is 5.27. The van der Waals surface area contributed by atoms with Gasteiger partial charge < -0.3 is 10.5 Å². The largest absolute Gasteiger partial charge is 0.376 e. The maximum Gasteiger partial charge on any atom is 0.123 e. The first-order valence-corrected chi connectivity index (χ1v) is 6.84. The van der Waals surface area contributed by atoms with E-state index in [9.17, 15) is 4.39 Å². The van der Waals surface area contributed by atoms with Gasteiger partial charge in [-0.15, -0.1) is 0 Å². The van der Waals surface area contributed by atoms with Crippen LogP contribution in [0.4, 0.5) is 4.39 Å². The second kappa shape index (κ2) is 6.86. The van der Waals surface area contributed by atoms with Gasteiger partial charge in [-0.1, -0.05) is 25.3 Å². The normalized spacial score (nSPS) is 17.0. The number of hydrogen-bond acceptors (Lipinski definition) is 2. The van der Waals surface area contributed by atoms with E-state index in [2.05, 4.69) is 0 Å². The van der Waals surface area contributed by atoms with Crippen molar-refractivity contribution in [3.05, 3.63) is 35.1 Å². The Bertz CT molecular complexity index is 375. The van der Waals surface area contributed by atoms with Gasteiger partial charge in [0.05, 0.1) is 6.61 Å². The lowest BCUT2D eigenvalue weighted by molar-refractivity contribution is 0.0734. The van der Waals surface area contributed by atoms with E-state index in [0.29, 0.717) is 19.1 Å². The lowest BCUT2D eigenvalue weighted by Gasteiger charge is -2.21. The van der Waals surface area contributed by atoms with Gasteiger partial charge in [-0.05, 0) is 42.0 Å². The van der Waals surface area contributed by atoms with E-state index < -0.39 is 0 Å². The Morgan fingerprint density at radius 2 is 1.94 bits per heavy atom. The van der Waals surface area contributed by atoms with Crippen molar-refractivity contribution in [3.8, 4) is 0 Å². The summed E-state index contributed by atoms with van der Waals surface area (Å²) in [6.07, 6.45) is 6.54. The Labute approximate surface area is 108 Å². The molecule has 0 aromatic heterocycles. The smallest absolute Gasteiger partial charge is 0.123 e. The van der Waals surface area contributed by atoms with Gasteiger partial charge in [0.15, 0.2) is 0 Å². The zero-order valence-corrected chi connectivity index (χ0v) is 10.8. The summed E-state index contributed by atoms with van der Waals surface area (Å²) >= 11 is 0. The van der Waals surface area contributed by atoms with Crippen molar-refractivity contribution in [2.75, 3.05) is 6.61 Å². The number of nitrogens with two attached hydrogens (primary N) is 1. The molecule has 0 heterocycles. The van der Waals surface area contributed by atoms with Gasteiger partial charge in [-0.2, -0.15) is 0 Å². The van der Waals surface area contributed by atoms with Crippen LogP contribution in [0.25, 0.3) is 0 Å². The minimum atomic E-state index is -0.219. The molecule has 0 saturated heterocycles. The molecular weight excluding hydrogens is 229 g/mol. The Hall–Kier alpha value is -0.930. The fourth-order valence-corrected chi connectivity index (χ4v) is 2.62. The second-order valence-corrected chi connectivity index (χ2v) is 5.14. The summed E-state index contributed by atoms with van der Waals surface area (Å²) in [4.78, 5) is 0. The van der Waals surface area contributed by atoms with E-state index in [1.807, 2.05) is 0 Å². The van der Waals surface area contributed by atoms with Gasteiger partial charge in [0.1, 0.15) is 5.82 Å². The molecule has 1 aliphatic rings. The third-order valence-electron chi connectivity index (χ3n) is 3.72. The lowest BCUT2D eigenvalue weighted by atomic mass is 9.90. The fourth-order valence-electron chi connectivity index (χ4n) is 2.62. The first-order valence-electron chi connectivity index (χ1n) is 6.84. The Morgan fingerprint density at radius 1 is 1.17 bits per heavy atom. The van der Waals surface area contributed by atoms with Crippen molar-refractivity contribution in [2.24, 2.45) is 11.7 Å². The standard InChI is InChI=1S/C15H22FNO/c16-15-7-6-13(9-17)14(8-15)11-18-10-12-4-2-1-3-5-12/h6-8,12H,1-5,9-11,17H2. The molecule has 2 rings (SSSR count). The third-order valence-corrected chi connectivity index (χ3v) is 3.72. The number of halogens is 1. The number of benzene rings is 1. The van der Waals surface area contributed by atoms with E-state index >= 15 is 0 Å². The molecule has 1 aromatic rings. The molecule has 0 spiro atoms. The number of hydrogen-bond donors (Lipinski definition) is 1. The second-order valence-electron chi connectivity index (χ2n) is 5.14. The highest BCUT2D eigenvalue weighted by Gasteiger charge is 2.13. The van der Waals surface area contributed by atoms with Gasteiger partial charge in [-0.3, -0.25) is 0 Å². The molecule has 1 aromatic carbocycles. The zero-order chi connectivity index (χ0) is 12.8. The molecule has 1 fully saturated rings. The van der Waals surface area contributed by atoms with Crippen LogP contribution in [0.5, 0.6) is 0 Å². The van der Waals surface area contributed by atoms with Gasteiger partial charge >= 0.3 is 0 Å². The molecule has 18 heavy (non-hydrogen) atoms. The number of ether oxygens (including phenoxy) is 1. The molecule has 0 amide bonds. The van der Waals surface area contributed by atoms with Crippen molar-refractivity contribution in [1.82, 2.24) is 0 Å². The summed E-state index contributed by atoms with van der Waals surface area (Å²) in [5.74, 6) is 0.470. The lowest BCUT2D eigenvalue weighted by Crippen LogP contribution is -2.14. The van der Waals surface area contributed by atoms with Gasteiger partial charge in [0.25, 0.3) is 0 Å². The monoisotopic (exact) mass is 251 g/mol. The summed E-state index contributed by atoms with van der Waals surface area (Å²) in [6.45, 7) is 1.70. The van der Waals surface area contributed by atoms with Crippen LogP contribution in [0, 0.1) is 11.7 Å². The molecule has 1 saturated carbocycles. The molecule has 2 nitrogen and oxygen atoms in total. The summed E-state index contributed by atoms with van der Waals surface area (Å²) in [7, 11) is 0. The number of rotatable bonds is 5. The van der Waals surface area contributed by atoms with Crippen molar-refractivity contribution >= 4 is 0 Å². The van der Waals surface area contributed by atoms with E-state index in [0.717, 1.165) is 17.7 Å². The average Bonchev–Trinajstić information content (AvgIpc) is 2.40. The van der Waals surface area contributed by atoms with Crippen LogP contribution < -0.4 is 5.73 Å². The van der Waals surface area contributed by atoms with Crippen molar-refractivity contribution in [2.45, 2.75) is 45.3 Å². The van der Waals surface area contributed by atoms with Crippen molar-refractivity contribution in [1.29, 1.82) is 0 Å². The van der Waals surface area contributed by atoms with Crippen LogP contribution in [0.3, 0.4) is 0 Å². The zero-order valence-electron chi connectivity index (χ0n) is 10.8. The summed E-state index contributed by atoms with van der Waals surface area (Å²) in [6, 6.07) is 4.73. The predicted octanol–water partition coefficient (Wildman–Crippen LogP) is 3.38. The Balaban J connectivity index is 1.83. The molecule has 1 aliphatic carbocycles. The molecule has 0 aliphatic heterocycles. The first kappa shape index (κ1) is 13.5. The predicted molar refractivity (Wildman–Crippen MR) is 70.5 cm³/mol.